The fourth-order valence-electron chi connectivity index (χ4n) is 2.92. The molecule has 2 heterocycles. The number of rotatable bonds is 4. The zero-order chi connectivity index (χ0) is 19.0. The van der Waals surface area contributed by atoms with Gasteiger partial charge in [-0.2, -0.15) is 5.10 Å². The molecule has 0 saturated heterocycles. The predicted octanol–water partition coefficient (Wildman–Crippen LogP) is 3.17. The summed E-state index contributed by atoms with van der Waals surface area (Å²) >= 11 is 0. The Morgan fingerprint density at radius 2 is 2.08 bits per heavy atom. The highest BCUT2D eigenvalue weighted by Gasteiger charge is 2.25. The molecule has 3 rings (SSSR count). The van der Waals surface area contributed by atoms with Crippen LogP contribution < -0.4 is 11.5 Å². The smallest absolute Gasteiger partial charge is 0.254 e. The molecule has 0 unspecified atom stereocenters. The number of nitrogens with zero attached hydrogens (tertiary/aromatic N) is 2. The number of primary amides is 1. The second-order valence-corrected chi connectivity index (χ2v) is 6.00. The monoisotopic (exact) mass is 352 g/mol. The van der Waals surface area contributed by atoms with E-state index >= 15 is 0 Å². The quantitative estimate of drug-likeness (QED) is 0.666. The van der Waals surface area contributed by atoms with E-state index in [0.717, 1.165) is 11.1 Å². The second kappa shape index (κ2) is 6.44. The van der Waals surface area contributed by atoms with Crippen LogP contribution in [0.4, 0.5) is 5.82 Å². The Morgan fingerprint density at radius 1 is 1.35 bits per heavy atom. The van der Waals surface area contributed by atoms with Crippen molar-refractivity contribution in [1.82, 2.24) is 9.78 Å². The molecule has 2 aromatic heterocycles. The number of carbonyl (C=O) groups excluding carboxylic acids is 1. The van der Waals surface area contributed by atoms with Crippen molar-refractivity contribution in [3.05, 3.63) is 52.8 Å². The molecule has 0 bridgehead atoms. The molecular formula is C19H20N4O3. The highest BCUT2D eigenvalue weighted by molar-refractivity contribution is 6.03. The standard InChI is InChI=1S/C19H20N4O3/c1-4-5-12-8-14(26-9-12)16-15(19(21)25)18(20)23(22-16)17-10(2)6-7-13(24)11(17)3/h4-9,24H,20H2,1-3H3,(H2,21,25)/b5-4+. The van der Waals surface area contributed by atoms with Crippen molar-refractivity contribution in [2.45, 2.75) is 20.8 Å². The third-order valence-corrected chi connectivity index (χ3v) is 4.20. The number of phenolic OH excluding ortho intramolecular Hbond substituents is 1. The molecule has 5 N–H and O–H groups in total. The van der Waals surface area contributed by atoms with Gasteiger partial charge in [-0.05, 0) is 38.5 Å². The van der Waals surface area contributed by atoms with Gasteiger partial charge in [-0.1, -0.05) is 18.2 Å². The average molecular weight is 352 g/mol. The Labute approximate surface area is 150 Å². The highest BCUT2D eigenvalue weighted by Crippen LogP contribution is 2.34. The Kier molecular flexibility index (Phi) is 4.29. The van der Waals surface area contributed by atoms with Crippen molar-refractivity contribution in [3.63, 3.8) is 0 Å². The molecule has 0 fully saturated rings. The summed E-state index contributed by atoms with van der Waals surface area (Å²) in [5, 5.41) is 14.5. The number of hydrogen-bond acceptors (Lipinski definition) is 5. The first-order chi connectivity index (χ1) is 12.3. The molecule has 1 amide bonds. The number of aromatic nitrogens is 2. The largest absolute Gasteiger partial charge is 0.508 e. The summed E-state index contributed by atoms with van der Waals surface area (Å²) in [6.07, 6.45) is 5.29. The molecule has 1 aromatic carbocycles. The van der Waals surface area contributed by atoms with Gasteiger partial charge in [-0.3, -0.25) is 4.79 Å². The van der Waals surface area contributed by atoms with Crippen molar-refractivity contribution in [2.24, 2.45) is 5.73 Å². The van der Waals surface area contributed by atoms with Gasteiger partial charge in [-0.25, -0.2) is 4.68 Å². The maximum Gasteiger partial charge on any atom is 0.254 e. The van der Waals surface area contributed by atoms with Crippen LogP contribution in [0.3, 0.4) is 0 Å². The normalized spacial score (nSPS) is 11.3. The van der Waals surface area contributed by atoms with Crippen molar-refractivity contribution in [2.75, 3.05) is 5.73 Å². The van der Waals surface area contributed by atoms with Crippen molar-refractivity contribution in [1.29, 1.82) is 0 Å². The van der Waals surface area contributed by atoms with Crippen molar-refractivity contribution >= 4 is 17.8 Å². The summed E-state index contributed by atoms with van der Waals surface area (Å²) in [7, 11) is 0. The number of nitrogens with two attached hydrogens (primary N) is 2. The molecule has 0 spiro atoms. The van der Waals surface area contributed by atoms with Gasteiger partial charge in [0.2, 0.25) is 0 Å². The zero-order valence-corrected chi connectivity index (χ0v) is 14.8. The van der Waals surface area contributed by atoms with Crippen LogP contribution in [0.2, 0.25) is 0 Å². The van der Waals surface area contributed by atoms with Gasteiger partial charge in [0, 0.05) is 11.1 Å². The lowest BCUT2D eigenvalue weighted by molar-refractivity contribution is 0.100. The van der Waals surface area contributed by atoms with E-state index in [0.29, 0.717) is 17.0 Å². The summed E-state index contributed by atoms with van der Waals surface area (Å²) in [6, 6.07) is 5.10. The van der Waals surface area contributed by atoms with Crippen LogP contribution in [0.25, 0.3) is 23.2 Å². The number of amides is 1. The molecule has 0 aliphatic heterocycles. The van der Waals surface area contributed by atoms with Crippen LogP contribution >= 0.6 is 0 Å². The van der Waals surface area contributed by atoms with Gasteiger partial charge in [0.25, 0.3) is 5.91 Å². The molecular weight excluding hydrogens is 332 g/mol. The molecule has 7 heteroatoms. The van der Waals surface area contributed by atoms with Crippen LogP contribution in [0.1, 0.15) is 34.0 Å². The summed E-state index contributed by atoms with van der Waals surface area (Å²) in [5.74, 6) is -0.125. The Bertz CT molecular complexity index is 1030. The van der Waals surface area contributed by atoms with Crippen molar-refractivity contribution in [3.8, 4) is 22.9 Å². The third kappa shape index (κ3) is 2.73. The van der Waals surface area contributed by atoms with E-state index < -0.39 is 5.91 Å². The summed E-state index contributed by atoms with van der Waals surface area (Å²) in [4.78, 5) is 12.0. The second-order valence-electron chi connectivity index (χ2n) is 6.00. The lowest BCUT2D eigenvalue weighted by Gasteiger charge is -2.12. The lowest BCUT2D eigenvalue weighted by atomic mass is 10.1. The third-order valence-electron chi connectivity index (χ3n) is 4.20. The fourth-order valence-corrected chi connectivity index (χ4v) is 2.92. The van der Waals surface area contributed by atoms with Crippen LogP contribution in [-0.4, -0.2) is 20.8 Å². The minimum atomic E-state index is -0.705. The number of furan rings is 1. The number of anilines is 1. The number of allylic oxidation sites excluding steroid dienone is 1. The fraction of sp³-hybridized carbons (Fsp3) is 0.158. The average Bonchev–Trinajstić information content (AvgIpc) is 3.17. The van der Waals surface area contributed by atoms with Gasteiger partial charge < -0.3 is 21.0 Å². The van der Waals surface area contributed by atoms with Gasteiger partial charge in [0.15, 0.2) is 5.76 Å². The maximum atomic E-state index is 12.0. The first kappa shape index (κ1) is 17.3. The van der Waals surface area contributed by atoms with E-state index in [4.69, 9.17) is 15.9 Å². The van der Waals surface area contributed by atoms with Crippen LogP contribution in [0, 0.1) is 13.8 Å². The van der Waals surface area contributed by atoms with Crippen LogP contribution in [-0.2, 0) is 0 Å². The van der Waals surface area contributed by atoms with E-state index in [-0.39, 0.29) is 22.8 Å². The molecule has 0 saturated carbocycles. The number of hydrogen-bond donors (Lipinski definition) is 3. The zero-order valence-electron chi connectivity index (χ0n) is 14.8. The number of benzene rings is 1. The Hall–Kier alpha value is -3.48. The molecule has 0 aliphatic carbocycles. The van der Waals surface area contributed by atoms with E-state index in [9.17, 15) is 9.90 Å². The maximum absolute atomic E-state index is 12.0. The Morgan fingerprint density at radius 3 is 2.73 bits per heavy atom. The predicted molar refractivity (Wildman–Crippen MR) is 100 cm³/mol. The number of phenols is 1. The minimum Gasteiger partial charge on any atom is -0.508 e. The summed E-state index contributed by atoms with van der Waals surface area (Å²) in [5.41, 5.74) is 14.9. The molecule has 0 radical (unpaired) electrons. The summed E-state index contributed by atoms with van der Waals surface area (Å²) in [6.45, 7) is 5.50. The van der Waals surface area contributed by atoms with Gasteiger partial charge >= 0.3 is 0 Å². The number of aryl methyl sites for hydroxylation is 1. The van der Waals surface area contributed by atoms with Gasteiger partial charge in [-0.15, -0.1) is 0 Å². The number of nitrogen functional groups attached to an aromatic ring is 1. The molecule has 0 atom stereocenters. The SMILES string of the molecule is C/C=C/c1coc(-c2nn(-c3c(C)ccc(O)c3C)c(N)c2C(N)=O)c1. The van der Waals surface area contributed by atoms with E-state index in [1.54, 1.807) is 31.4 Å². The van der Waals surface area contributed by atoms with E-state index in [1.165, 1.54) is 4.68 Å². The molecule has 134 valence electrons. The molecule has 3 aromatic rings. The first-order valence-electron chi connectivity index (χ1n) is 8.04. The van der Waals surface area contributed by atoms with Gasteiger partial charge in [0.1, 0.15) is 22.8 Å². The lowest BCUT2D eigenvalue weighted by Crippen LogP contribution is -2.14. The molecule has 26 heavy (non-hydrogen) atoms. The van der Waals surface area contributed by atoms with Crippen molar-refractivity contribution < 1.29 is 14.3 Å². The summed E-state index contributed by atoms with van der Waals surface area (Å²) < 4.78 is 6.96. The highest BCUT2D eigenvalue weighted by atomic mass is 16.3. The number of carbonyl (C=O) groups is 1. The van der Waals surface area contributed by atoms with E-state index in [1.807, 2.05) is 26.0 Å². The molecule has 7 nitrogen and oxygen atoms in total. The van der Waals surface area contributed by atoms with E-state index in [2.05, 4.69) is 5.10 Å². The number of aromatic hydroxyl groups is 1. The van der Waals surface area contributed by atoms with Gasteiger partial charge in [0.05, 0.1) is 12.0 Å². The topological polar surface area (TPSA) is 120 Å². The molecule has 0 aliphatic rings. The Balaban J connectivity index is 2.27. The van der Waals surface area contributed by atoms with Crippen LogP contribution in [0.5, 0.6) is 5.75 Å². The first-order valence-corrected chi connectivity index (χ1v) is 8.04. The van der Waals surface area contributed by atoms with Crippen LogP contribution in [0.15, 0.2) is 35.0 Å². The minimum absolute atomic E-state index is 0.0773.